The van der Waals surface area contributed by atoms with Gasteiger partial charge in [0.25, 0.3) is 0 Å². The van der Waals surface area contributed by atoms with Crippen LogP contribution in [0.4, 0.5) is 11.4 Å². The average molecular weight is 362 g/mol. The van der Waals surface area contributed by atoms with Gasteiger partial charge in [0, 0.05) is 24.5 Å². The average Bonchev–Trinajstić information content (AvgIpc) is 2.64. The smallest absolute Gasteiger partial charge is 0.337 e. The van der Waals surface area contributed by atoms with Gasteiger partial charge in [-0.1, -0.05) is 18.2 Å². The van der Waals surface area contributed by atoms with Gasteiger partial charge in [0.1, 0.15) is 0 Å². The molecule has 0 aliphatic carbocycles. The van der Waals surface area contributed by atoms with Gasteiger partial charge in [-0.25, -0.2) is 4.79 Å². The number of allylic oxidation sites excluding steroid dienone is 1. The molecule has 0 saturated carbocycles. The van der Waals surface area contributed by atoms with Crippen molar-refractivity contribution in [2.45, 2.75) is 33.2 Å². The number of benzene rings is 2. The summed E-state index contributed by atoms with van der Waals surface area (Å²) < 4.78 is 4.79. The Morgan fingerprint density at radius 2 is 1.89 bits per heavy atom. The number of nitrogens with zero attached hydrogens (tertiary/aromatic N) is 2. The van der Waals surface area contributed by atoms with Crippen LogP contribution in [0.2, 0.25) is 0 Å². The molecule has 0 aromatic heterocycles. The highest BCUT2D eigenvalue weighted by molar-refractivity contribution is 5.92. The fourth-order valence-corrected chi connectivity index (χ4v) is 3.39. The monoisotopic (exact) mass is 362 g/mol. The summed E-state index contributed by atoms with van der Waals surface area (Å²) in [6.07, 6.45) is 4.14. The number of anilines is 1. The lowest BCUT2D eigenvalue weighted by Crippen LogP contribution is -2.42. The minimum atomic E-state index is -0.355. The Kier molecular flexibility index (Phi) is 4.92. The van der Waals surface area contributed by atoms with Crippen molar-refractivity contribution in [3.8, 4) is 0 Å². The van der Waals surface area contributed by atoms with Crippen LogP contribution in [-0.2, 0) is 4.74 Å². The predicted octanol–water partition coefficient (Wildman–Crippen LogP) is 5.16. The van der Waals surface area contributed by atoms with Crippen molar-refractivity contribution in [3.05, 3.63) is 64.7 Å². The standard InChI is InChI=1S/C23H26N2O2/c1-15-7-9-18(22(26)27-6)12-20(15)24-14-17-8-10-21-19(11-17)16(2)13-23(3,4)25(21)5/h7-14H,1-6H3. The molecule has 2 aromatic carbocycles. The van der Waals surface area contributed by atoms with Crippen LogP contribution in [-0.4, -0.2) is 31.9 Å². The normalized spacial score (nSPS) is 15.5. The molecule has 0 fully saturated rings. The maximum atomic E-state index is 11.7. The molecule has 4 nitrogen and oxygen atoms in total. The van der Waals surface area contributed by atoms with Crippen molar-refractivity contribution in [2.75, 3.05) is 19.1 Å². The molecule has 1 aliphatic rings. The molecule has 27 heavy (non-hydrogen) atoms. The maximum absolute atomic E-state index is 11.7. The number of fused-ring (bicyclic) bond motifs is 1. The highest BCUT2D eigenvalue weighted by Crippen LogP contribution is 2.38. The molecular formula is C23H26N2O2. The lowest BCUT2D eigenvalue weighted by atomic mass is 9.89. The zero-order chi connectivity index (χ0) is 19.8. The van der Waals surface area contributed by atoms with Gasteiger partial charge in [0.15, 0.2) is 0 Å². The number of carbonyl (C=O) groups is 1. The number of likely N-dealkylation sites (N-methyl/N-ethyl adjacent to an activating group) is 1. The molecule has 0 unspecified atom stereocenters. The van der Waals surface area contributed by atoms with E-state index >= 15 is 0 Å². The molecule has 0 radical (unpaired) electrons. The number of aliphatic imine (C=N–C) groups is 1. The maximum Gasteiger partial charge on any atom is 0.337 e. The summed E-state index contributed by atoms with van der Waals surface area (Å²) in [6.45, 7) is 8.56. The van der Waals surface area contributed by atoms with Crippen molar-refractivity contribution in [1.82, 2.24) is 0 Å². The van der Waals surface area contributed by atoms with Crippen LogP contribution >= 0.6 is 0 Å². The van der Waals surface area contributed by atoms with Gasteiger partial charge in [-0.3, -0.25) is 4.99 Å². The second-order valence-corrected chi connectivity index (χ2v) is 7.57. The molecule has 0 N–H and O–H groups in total. The van der Waals surface area contributed by atoms with E-state index in [1.165, 1.54) is 23.9 Å². The van der Waals surface area contributed by atoms with Gasteiger partial charge in [0.2, 0.25) is 0 Å². The van der Waals surface area contributed by atoms with Crippen LogP contribution in [0.15, 0.2) is 47.5 Å². The van der Waals surface area contributed by atoms with E-state index in [2.05, 4.69) is 62.0 Å². The van der Waals surface area contributed by atoms with Crippen LogP contribution in [0.1, 0.15) is 47.8 Å². The Hall–Kier alpha value is -2.88. The van der Waals surface area contributed by atoms with Gasteiger partial charge in [-0.05, 0) is 68.7 Å². The zero-order valence-corrected chi connectivity index (χ0v) is 16.8. The third-order valence-corrected chi connectivity index (χ3v) is 5.22. The Morgan fingerprint density at radius 1 is 1.15 bits per heavy atom. The molecule has 0 spiro atoms. The summed E-state index contributed by atoms with van der Waals surface area (Å²) in [4.78, 5) is 18.6. The Balaban J connectivity index is 1.94. The van der Waals surface area contributed by atoms with Gasteiger partial charge < -0.3 is 9.64 Å². The third-order valence-electron chi connectivity index (χ3n) is 5.22. The van der Waals surface area contributed by atoms with E-state index in [1.54, 1.807) is 12.1 Å². The van der Waals surface area contributed by atoms with Gasteiger partial charge >= 0.3 is 5.97 Å². The summed E-state index contributed by atoms with van der Waals surface area (Å²) in [7, 11) is 3.50. The van der Waals surface area contributed by atoms with Crippen LogP contribution < -0.4 is 4.90 Å². The zero-order valence-electron chi connectivity index (χ0n) is 16.8. The first kappa shape index (κ1) is 18.9. The Bertz CT molecular complexity index is 955. The first-order chi connectivity index (χ1) is 12.7. The largest absolute Gasteiger partial charge is 0.465 e. The molecule has 1 heterocycles. The minimum Gasteiger partial charge on any atom is -0.465 e. The molecule has 2 aromatic rings. The summed E-state index contributed by atoms with van der Waals surface area (Å²) in [5.41, 5.74) is 7.02. The van der Waals surface area contributed by atoms with E-state index in [1.807, 2.05) is 19.2 Å². The number of ether oxygens (including phenoxy) is 1. The quantitative estimate of drug-likeness (QED) is 0.559. The SMILES string of the molecule is COC(=O)c1ccc(C)c(N=Cc2ccc3c(c2)C(C)=CC(C)(C)N3C)c1. The molecule has 3 rings (SSSR count). The lowest BCUT2D eigenvalue weighted by molar-refractivity contribution is 0.0601. The second-order valence-electron chi connectivity index (χ2n) is 7.57. The van der Waals surface area contributed by atoms with Crippen molar-refractivity contribution >= 4 is 29.1 Å². The number of hydrogen-bond acceptors (Lipinski definition) is 4. The summed E-state index contributed by atoms with van der Waals surface area (Å²) in [6, 6.07) is 11.8. The molecule has 0 atom stereocenters. The van der Waals surface area contributed by atoms with Crippen molar-refractivity contribution in [1.29, 1.82) is 0 Å². The minimum absolute atomic E-state index is 0.00186. The van der Waals surface area contributed by atoms with Crippen LogP contribution in [0.5, 0.6) is 0 Å². The topological polar surface area (TPSA) is 41.9 Å². The van der Waals surface area contributed by atoms with Crippen LogP contribution in [0.3, 0.4) is 0 Å². The first-order valence-corrected chi connectivity index (χ1v) is 9.03. The van der Waals surface area contributed by atoms with E-state index in [4.69, 9.17) is 4.74 Å². The highest BCUT2D eigenvalue weighted by atomic mass is 16.5. The number of aryl methyl sites for hydroxylation is 1. The second kappa shape index (κ2) is 7.03. The summed E-state index contributed by atoms with van der Waals surface area (Å²) in [5, 5.41) is 0. The number of rotatable bonds is 3. The number of carbonyl (C=O) groups excluding carboxylic acids is 1. The number of esters is 1. The fourth-order valence-electron chi connectivity index (χ4n) is 3.39. The van der Waals surface area contributed by atoms with Gasteiger partial charge in [0.05, 0.1) is 23.9 Å². The fraction of sp³-hybridized carbons (Fsp3) is 0.304. The number of hydrogen-bond donors (Lipinski definition) is 0. The third kappa shape index (κ3) is 3.65. The molecule has 0 amide bonds. The molecule has 1 aliphatic heterocycles. The summed E-state index contributed by atoms with van der Waals surface area (Å²) in [5.74, 6) is -0.355. The first-order valence-electron chi connectivity index (χ1n) is 9.03. The molecule has 0 saturated heterocycles. The van der Waals surface area contributed by atoms with Crippen molar-refractivity contribution < 1.29 is 9.53 Å². The Labute approximate surface area is 161 Å². The predicted molar refractivity (Wildman–Crippen MR) is 112 cm³/mol. The summed E-state index contributed by atoms with van der Waals surface area (Å²) >= 11 is 0. The van der Waals surface area contributed by atoms with Crippen LogP contribution in [0.25, 0.3) is 5.57 Å². The molecular weight excluding hydrogens is 336 g/mol. The Morgan fingerprint density at radius 3 is 2.59 bits per heavy atom. The van der Waals surface area contributed by atoms with E-state index in [-0.39, 0.29) is 11.5 Å². The van der Waals surface area contributed by atoms with E-state index in [0.29, 0.717) is 5.56 Å². The van der Waals surface area contributed by atoms with Gasteiger partial charge in [-0.15, -0.1) is 0 Å². The molecule has 4 heteroatoms. The van der Waals surface area contributed by atoms with E-state index in [0.717, 1.165) is 16.8 Å². The molecule has 0 bridgehead atoms. The number of methoxy groups -OCH3 is 1. The van der Waals surface area contributed by atoms with E-state index in [9.17, 15) is 4.79 Å². The highest BCUT2D eigenvalue weighted by Gasteiger charge is 2.28. The van der Waals surface area contributed by atoms with Gasteiger partial charge in [-0.2, -0.15) is 0 Å². The lowest BCUT2D eigenvalue weighted by Gasteiger charge is -2.40. The van der Waals surface area contributed by atoms with Crippen molar-refractivity contribution in [2.24, 2.45) is 4.99 Å². The molecule has 140 valence electrons. The van der Waals surface area contributed by atoms with E-state index < -0.39 is 0 Å². The van der Waals surface area contributed by atoms with Crippen molar-refractivity contribution in [3.63, 3.8) is 0 Å². The van der Waals surface area contributed by atoms with Crippen LogP contribution in [0, 0.1) is 6.92 Å².